The van der Waals surface area contributed by atoms with Crippen LogP contribution >= 0.6 is 0 Å². The highest BCUT2D eigenvalue weighted by Gasteiger charge is 2.24. The molecule has 2 aliphatic heterocycles. The molecule has 0 aromatic rings. The van der Waals surface area contributed by atoms with Gasteiger partial charge in [-0.05, 0) is 25.4 Å². The molecular weight excluding hydrogens is 194 g/mol. The number of carbonyl (C=O) groups is 2. The van der Waals surface area contributed by atoms with Crippen molar-refractivity contribution in [3.8, 4) is 0 Å². The Morgan fingerprint density at radius 1 is 1.47 bits per heavy atom. The average molecular weight is 211 g/mol. The van der Waals surface area contributed by atoms with Gasteiger partial charge >= 0.3 is 0 Å². The fraction of sp³-hybridized carbons (Fsp3) is 0.800. The first-order valence-corrected chi connectivity index (χ1v) is 5.51. The number of rotatable bonds is 3. The fourth-order valence-corrected chi connectivity index (χ4v) is 2.14. The van der Waals surface area contributed by atoms with E-state index in [-0.39, 0.29) is 17.9 Å². The molecule has 0 aliphatic carbocycles. The Morgan fingerprint density at radius 3 is 2.93 bits per heavy atom. The van der Waals surface area contributed by atoms with Gasteiger partial charge in [0.05, 0.1) is 6.04 Å². The average Bonchev–Trinajstić information content (AvgIpc) is 2.77. The second-order valence-corrected chi connectivity index (χ2v) is 4.34. The van der Waals surface area contributed by atoms with Crippen molar-refractivity contribution in [3.63, 3.8) is 0 Å². The second-order valence-electron chi connectivity index (χ2n) is 4.34. The van der Waals surface area contributed by atoms with E-state index in [9.17, 15) is 9.59 Å². The normalized spacial score (nSPS) is 30.3. The van der Waals surface area contributed by atoms with E-state index in [0.717, 1.165) is 19.5 Å². The summed E-state index contributed by atoms with van der Waals surface area (Å²) in [5, 5.41) is 8.82. The highest BCUT2D eigenvalue weighted by Crippen LogP contribution is 2.12. The monoisotopic (exact) mass is 211 g/mol. The molecular formula is C10H17N3O2. The van der Waals surface area contributed by atoms with Gasteiger partial charge < -0.3 is 16.0 Å². The third-order valence-corrected chi connectivity index (χ3v) is 2.98. The van der Waals surface area contributed by atoms with E-state index in [4.69, 9.17) is 0 Å². The van der Waals surface area contributed by atoms with Crippen LogP contribution in [0.4, 0.5) is 0 Å². The summed E-state index contributed by atoms with van der Waals surface area (Å²) < 4.78 is 0. The van der Waals surface area contributed by atoms with Gasteiger partial charge in [0.1, 0.15) is 0 Å². The summed E-state index contributed by atoms with van der Waals surface area (Å²) >= 11 is 0. The van der Waals surface area contributed by atoms with E-state index in [1.807, 2.05) is 0 Å². The largest absolute Gasteiger partial charge is 0.354 e. The van der Waals surface area contributed by atoms with E-state index in [1.165, 1.54) is 0 Å². The maximum absolute atomic E-state index is 11.6. The molecule has 2 rings (SSSR count). The van der Waals surface area contributed by atoms with Crippen LogP contribution in [0.2, 0.25) is 0 Å². The quantitative estimate of drug-likeness (QED) is 0.560. The summed E-state index contributed by atoms with van der Waals surface area (Å²) in [5.41, 5.74) is 0. The van der Waals surface area contributed by atoms with E-state index in [0.29, 0.717) is 25.3 Å². The molecule has 0 radical (unpaired) electrons. The van der Waals surface area contributed by atoms with Crippen molar-refractivity contribution in [3.05, 3.63) is 0 Å². The van der Waals surface area contributed by atoms with Gasteiger partial charge in [0.25, 0.3) is 0 Å². The Balaban J connectivity index is 1.70. The molecule has 2 heterocycles. The lowest BCUT2D eigenvalue weighted by Crippen LogP contribution is -2.37. The van der Waals surface area contributed by atoms with Crippen molar-refractivity contribution in [1.29, 1.82) is 0 Å². The van der Waals surface area contributed by atoms with Gasteiger partial charge in [0, 0.05) is 19.4 Å². The van der Waals surface area contributed by atoms with Crippen LogP contribution < -0.4 is 16.0 Å². The van der Waals surface area contributed by atoms with Gasteiger partial charge in [-0.1, -0.05) is 0 Å². The van der Waals surface area contributed by atoms with Crippen LogP contribution in [0.5, 0.6) is 0 Å². The van der Waals surface area contributed by atoms with Crippen molar-refractivity contribution in [1.82, 2.24) is 16.0 Å². The lowest BCUT2D eigenvalue weighted by molar-refractivity contribution is -0.122. The fourth-order valence-electron chi connectivity index (χ4n) is 2.14. The van der Waals surface area contributed by atoms with Gasteiger partial charge in [-0.15, -0.1) is 0 Å². The number of nitrogens with one attached hydrogen (secondary N) is 3. The molecule has 2 saturated heterocycles. The van der Waals surface area contributed by atoms with E-state index < -0.39 is 0 Å². The molecule has 0 aromatic carbocycles. The summed E-state index contributed by atoms with van der Waals surface area (Å²) in [6.45, 7) is 2.53. The third-order valence-electron chi connectivity index (χ3n) is 2.98. The van der Waals surface area contributed by atoms with Crippen molar-refractivity contribution in [2.24, 2.45) is 5.92 Å². The van der Waals surface area contributed by atoms with E-state index in [2.05, 4.69) is 16.0 Å². The molecule has 0 aromatic heterocycles. The summed E-state index contributed by atoms with van der Waals surface area (Å²) in [5.74, 6) is 0.572. The highest BCUT2D eigenvalue weighted by atomic mass is 16.2. The summed E-state index contributed by atoms with van der Waals surface area (Å²) in [6.07, 6.45) is 2.08. The molecule has 2 amide bonds. The number of carbonyl (C=O) groups excluding carboxylic acids is 2. The Kier molecular flexibility index (Phi) is 3.20. The second kappa shape index (κ2) is 4.61. The predicted octanol–water partition coefficient (Wildman–Crippen LogP) is -1.01. The van der Waals surface area contributed by atoms with E-state index >= 15 is 0 Å². The zero-order valence-corrected chi connectivity index (χ0v) is 8.71. The summed E-state index contributed by atoms with van der Waals surface area (Å²) in [6, 6.07) is -0.000591. The third kappa shape index (κ3) is 2.92. The van der Waals surface area contributed by atoms with Crippen molar-refractivity contribution < 1.29 is 9.59 Å². The van der Waals surface area contributed by atoms with Crippen LogP contribution in [0, 0.1) is 5.92 Å². The Morgan fingerprint density at radius 2 is 2.33 bits per heavy atom. The Hall–Kier alpha value is -1.10. The molecule has 5 nitrogen and oxygen atoms in total. The Labute approximate surface area is 89.0 Å². The van der Waals surface area contributed by atoms with Crippen molar-refractivity contribution in [2.45, 2.75) is 25.3 Å². The van der Waals surface area contributed by atoms with Crippen LogP contribution in [-0.2, 0) is 9.59 Å². The van der Waals surface area contributed by atoms with Crippen molar-refractivity contribution >= 4 is 11.8 Å². The lowest BCUT2D eigenvalue weighted by atomic mass is 10.0. The molecule has 15 heavy (non-hydrogen) atoms. The minimum Gasteiger partial charge on any atom is -0.354 e. The van der Waals surface area contributed by atoms with Gasteiger partial charge in [0.2, 0.25) is 11.8 Å². The molecule has 0 spiro atoms. The van der Waals surface area contributed by atoms with Gasteiger partial charge in [-0.2, -0.15) is 0 Å². The molecule has 84 valence electrons. The zero-order chi connectivity index (χ0) is 10.7. The molecule has 5 heteroatoms. The van der Waals surface area contributed by atoms with Crippen molar-refractivity contribution in [2.75, 3.05) is 19.6 Å². The predicted molar refractivity (Wildman–Crippen MR) is 55.2 cm³/mol. The summed E-state index contributed by atoms with van der Waals surface area (Å²) in [7, 11) is 0. The van der Waals surface area contributed by atoms with Gasteiger partial charge in [-0.25, -0.2) is 0 Å². The van der Waals surface area contributed by atoms with Crippen LogP contribution in [0.3, 0.4) is 0 Å². The molecule has 2 atom stereocenters. The summed E-state index contributed by atoms with van der Waals surface area (Å²) in [4.78, 5) is 22.5. The topological polar surface area (TPSA) is 70.2 Å². The molecule has 2 fully saturated rings. The standard InChI is InChI=1S/C10H17N3O2/c14-9-4-8(6-12-9)13-10(15)3-7-1-2-11-5-7/h7-8,11H,1-6H2,(H,12,14)(H,13,15). The zero-order valence-electron chi connectivity index (χ0n) is 8.71. The molecule has 0 saturated carbocycles. The molecule has 2 unspecified atom stereocenters. The highest BCUT2D eigenvalue weighted by molar-refractivity contribution is 5.82. The van der Waals surface area contributed by atoms with Gasteiger partial charge in [0.15, 0.2) is 0 Å². The number of hydrogen-bond donors (Lipinski definition) is 3. The SMILES string of the molecule is O=C1CC(NC(=O)CC2CCNC2)CN1. The maximum Gasteiger partial charge on any atom is 0.222 e. The van der Waals surface area contributed by atoms with Crippen LogP contribution in [-0.4, -0.2) is 37.5 Å². The minimum absolute atomic E-state index is 0.000591. The first kappa shape index (κ1) is 10.4. The minimum atomic E-state index is -0.000591. The first-order chi connectivity index (χ1) is 7.24. The van der Waals surface area contributed by atoms with E-state index in [1.54, 1.807) is 0 Å². The maximum atomic E-state index is 11.6. The number of amides is 2. The number of hydrogen-bond acceptors (Lipinski definition) is 3. The van der Waals surface area contributed by atoms with Gasteiger partial charge in [-0.3, -0.25) is 9.59 Å². The van der Waals surface area contributed by atoms with Crippen LogP contribution in [0.15, 0.2) is 0 Å². The lowest BCUT2D eigenvalue weighted by Gasteiger charge is -2.12. The molecule has 3 N–H and O–H groups in total. The molecule has 2 aliphatic rings. The smallest absolute Gasteiger partial charge is 0.222 e. The first-order valence-electron chi connectivity index (χ1n) is 5.51. The van der Waals surface area contributed by atoms with Crippen LogP contribution in [0.1, 0.15) is 19.3 Å². The van der Waals surface area contributed by atoms with Crippen LogP contribution in [0.25, 0.3) is 0 Å². The molecule has 0 bridgehead atoms. The Bertz CT molecular complexity index is 261.